The number of rotatable bonds is 9. The van der Waals surface area contributed by atoms with Gasteiger partial charge >= 0.3 is 0 Å². The number of hydrogen-bond acceptors (Lipinski definition) is 5. The van der Waals surface area contributed by atoms with Gasteiger partial charge in [-0.3, -0.25) is 4.79 Å². The van der Waals surface area contributed by atoms with Gasteiger partial charge in [-0.1, -0.05) is 6.07 Å². The standard InChI is InChI=1S/C16H19NO4S/c1-19-13-4-2-5-14(10-13)21-11-16(18)17-7-9-22-12-15-6-3-8-20-15/h2-6,8,10H,7,9,11-12H2,1H3,(H,17,18). The van der Waals surface area contributed by atoms with Gasteiger partial charge in [-0.15, -0.1) is 0 Å². The molecule has 0 spiro atoms. The van der Waals surface area contributed by atoms with Crippen LogP contribution in [0, 0.1) is 0 Å². The zero-order valence-electron chi connectivity index (χ0n) is 12.4. The molecule has 0 atom stereocenters. The molecular formula is C16H19NO4S. The molecule has 118 valence electrons. The largest absolute Gasteiger partial charge is 0.497 e. The molecule has 2 aromatic rings. The lowest BCUT2D eigenvalue weighted by molar-refractivity contribution is -0.122. The summed E-state index contributed by atoms with van der Waals surface area (Å²) in [4.78, 5) is 11.7. The van der Waals surface area contributed by atoms with Crippen molar-refractivity contribution in [2.75, 3.05) is 26.0 Å². The fourth-order valence-corrected chi connectivity index (χ4v) is 2.48. The second-order valence-corrected chi connectivity index (χ2v) is 5.55. The van der Waals surface area contributed by atoms with Gasteiger partial charge in [0.05, 0.1) is 19.1 Å². The Morgan fingerprint density at radius 1 is 1.27 bits per heavy atom. The van der Waals surface area contributed by atoms with Crippen molar-refractivity contribution in [3.05, 3.63) is 48.4 Å². The lowest BCUT2D eigenvalue weighted by Gasteiger charge is -2.08. The van der Waals surface area contributed by atoms with Crippen molar-refractivity contribution in [2.24, 2.45) is 0 Å². The lowest BCUT2D eigenvalue weighted by Crippen LogP contribution is -2.30. The van der Waals surface area contributed by atoms with Gasteiger partial charge < -0.3 is 19.2 Å². The fraction of sp³-hybridized carbons (Fsp3) is 0.312. The molecule has 1 N–H and O–H groups in total. The lowest BCUT2D eigenvalue weighted by atomic mass is 10.3. The first-order chi connectivity index (χ1) is 10.8. The van der Waals surface area contributed by atoms with E-state index >= 15 is 0 Å². The van der Waals surface area contributed by atoms with E-state index in [-0.39, 0.29) is 12.5 Å². The van der Waals surface area contributed by atoms with Gasteiger partial charge in [-0.2, -0.15) is 11.8 Å². The molecule has 0 bridgehead atoms. The second kappa shape index (κ2) is 9.04. The first kappa shape index (κ1) is 16.3. The quantitative estimate of drug-likeness (QED) is 0.720. The molecule has 0 aliphatic rings. The topological polar surface area (TPSA) is 60.7 Å². The van der Waals surface area contributed by atoms with E-state index in [1.807, 2.05) is 24.3 Å². The molecule has 0 unspecified atom stereocenters. The van der Waals surface area contributed by atoms with E-state index in [2.05, 4.69) is 5.32 Å². The van der Waals surface area contributed by atoms with Crippen LogP contribution in [-0.4, -0.2) is 31.9 Å². The summed E-state index contributed by atoms with van der Waals surface area (Å²) >= 11 is 1.71. The number of furan rings is 1. The van der Waals surface area contributed by atoms with Crippen molar-refractivity contribution in [1.29, 1.82) is 0 Å². The van der Waals surface area contributed by atoms with Gasteiger partial charge in [-0.25, -0.2) is 0 Å². The van der Waals surface area contributed by atoms with Gasteiger partial charge in [-0.05, 0) is 24.3 Å². The molecule has 2 rings (SSSR count). The number of carbonyl (C=O) groups excluding carboxylic acids is 1. The molecule has 1 aromatic heterocycles. The normalized spacial score (nSPS) is 10.2. The Bertz CT molecular complexity index is 571. The van der Waals surface area contributed by atoms with Crippen LogP contribution in [0.15, 0.2) is 47.1 Å². The molecule has 0 aliphatic heterocycles. The average molecular weight is 321 g/mol. The average Bonchev–Trinajstić information content (AvgIpc) is 3.06. The first-order valence-corrected chi connectivity index (χ1v) is 8.07. The van der Waals surface area contributed by atoms with Gasteiger partial charge in [0.25, 0.3) is 5.91 Å². The minimum atomic E-state index is -0.138. The Balaban J connectivity index is 1.57. The number of benzene rings is 1. The smallest absolute Gasteiger partial charge is 0.257 e. The Morgan fingerprint density at radius 3 is 2.91 bits per heavy atom. The highest BCUT2D eigenvalue weighted by Crippen LogP contribution is 2.18. The number of methoxy groups -OCH3 is 1. The monoisotopic (exact) mass is 321 g/mol. The van der Waals surface area contributed by atoms with Gasteiger partial charge in [0.2, 0.25) is 0 Å². The van der Waals surface area contributed by atoms with Crippen LogP contribution in [-0.2, 0) is 10.5 Å². The summed E-state index contributed by atoms with van der Waals surface area (Å²) in [7, 11) is 1.59. The maximum atomic E-state index is 11.7. The molecule has 5 nitrogen and oxygen atoms in total. The van der Waals surface area contributed by atoms with E-state index in [1.165, 1.54) is 0 Å². The van der Waals surface area contributed by atoms with E-state index < -0.39 is 0 Å². The zero-order chi connectivity index (χ0) is 15.6. The highest BCUT2D eigenvalue weighted by molar-refractivity contribution is 7.98. The molecule has 0 saturated carbocycles. The fourth-order valence-electron chi connectivity index (χ4n) is 1.72. The molecule has 1 aromatic carbocycles. The Morgan fingerprint density at radius 2 is 2.14 bits per heavy atom. The highest BCUT2D eigenvalue weighted by Gasteiger charge is 2.03. The number of hydrogen-bond donors (Lipinski definition) is 1. The third kappa shape index (κ3) is 5.73. The molecule has 0 aliphatic carbocycles. The summed E-state index contributed by atoms with van der Waals surface area (Å²) in [5.41, 5.74) is 0. The number of thioether (sulfide) groups is 1. The van der Waals surface area contributed by atoms with Crippen LogP contribution in [0.2, 0.25) is 0 Å². The minimum Gasteiger partial charge on any atom is -0.497 e. The van der Waals surface area contributed by atoms with Gasteiger partial charge in [0.1, 0.15) is 17.3 Å². The zero-order valence-corrected chi connectivity index (χ0v) is 13.2. The molecule has 0 fully saturated rings. The highest BCUT2D eigenvalue weighted by atomic mass is 32.2. The third-order valence-electron chi connectivity index (χ3n) is 2.80. The predicted molar refractivity (Wildman–Crippen MR) is 86.4 cm³/mol. The molecule has 22 heavy (non-hydrogen) atoms. The van der Waals surface area contributed by atoms with Crippen molar-refractivity contribution in [2.45, 2.75) is 5.75 Å². The molecular weight excluding hydrogens is 302 g/mol. The predicted octanol–water partition coefficient (Wildman–Crippen LogP) is 2.72. The van der Waals surface area contributed by atoms with Crippen LogP contribution in [0.5, 0.6) is 11.5 Å². The second-order valence-electron chi connectivity index (χ2n) is 4.45. The third-order valence-corrected chi connectivity index (χ3v) is 3.79. The summed E-state index contributed by atoms with van der Waals surface area (Å²) in [6.07, 6.45) is 1.66. The maximum Gasteiger partial charge on any atom is 0.257 e. The molecule has 0 radical (unpaired) electrons. The molecule has 1 heterocycles. The van der Waals surface area contributed by atoms with Crippen molar-refractivity contribution < 1.29 is 18.7 Å². The minimum absolute atomic E-state index is 0.00395. The van der Waals surface area contributed by atoms with Crippen LogP contribution in [0.1, 0.15) is 5.76 Å². The SMILES string of the molecule is COc1cccc(OCC(=O)NCCSCc2ccco2)c1. The summed E-state index contributed by atoms with van der Waals surface area (Å²) in [5, 5.41) is 2.81. The summed E-state index contributed by atoms with van der Waals surface area (Å²) in [6, 6.07) is 11.0. The number of nitrogens with one attached hydrogen (secondary N) is 1. The molecule has 0 saturated heterocycles. The van der Waals surface area contributed by atoms with Crippen molar-refractivity contribution in [3.8, 4) is 11.5 Å². The number of ether oxygens (including phenoxy) is 2. The van der Waals surface area contributed by atoms with Crippen LogP contribution in [0.3, 0.4) is 0 Å². The maximum absolute atomic E-state index is 11.7. The van der Waals surface area contributed by atoms with Crippen molar-refractivity contribution in [1.82, 2.24) is 5.32 Å². The Hall–Kier alpha value is -2.08. The Labute approximate surface area is 134 Å². The van der Waals surface area contributed by atoms with Crippen LogP contribution in [0.25, 0.3) is 0 Å². The number of carbonyl (C=O) groups is 1. The van der Waals surface area contributed by atoms with E-state index in [0.29, 0.717) is 18.0 Å². The Kier molecular flexibility index (Phi) is 6.70. The summed E-state index contributed by atoms with van der Waals surface area (Å²) < 4.78 is 15.7. The van der Waals surface area contributed by atoms with Gasteiger partial charge in [0.15, 0.2) is 6.61 Å². The van der Waals surface area contributed by atoms with E-state index in [0.717, 1.165) is 17.3 Å². The van der Waals surface area contributed by atoms with Crippen LogP contribution >= 0.6 is 11.8 Å². The van der Waals surface area contributed by atoms with E-state index in [9.17, 15) is 4.79 Å². The molecule has 1 amide bonds. The van der Waals surface area contributed by atoms with Crippen LogP contribution in [0.4, 0.5) is 0 Å². The molecule has 6 heteroatoms. The van der Waals surface area contributed by atoms with E-state index in [1.54, 1.807) is 37.3 Å². The van der Waals surface area contributed by atoms with Gasteiger partial charge in [0, 0.05) is 18.4 Å². The summed E-state index contributed by atoms with van der Waals surface area (Å²) in [6.45, 7) is 0.599. The van der Waals surface area contributed by atoms with Crippen LogP contribution < -0.4 is 14.8 Å². The van der Waals surface area contributed by atoms with Crippen molar-refractivity contribution >= 4 is 17.7 Å². The summed E-state index contributed by atoms with van der Waals surface area (Å²) in [5.74, 6) is 3.75. The first-order valence-electron chi connectivity index (χ1n) is 6.91. The van der Waals surface area contributed by atoms with E-state index in [4.69, 9.17) is 13.9 Å². The number of amides is 1. The van der Waals surface area contributed by atoms with Crippen molar-refractivity contribution in [3.63, 3.8) is 0 Å².